The average Bonchev–Trinajstić information content (AvgIpc) is 3.02. The van der Waals surface area contributed by atoms with Crippen molar-refractivity contribution in [3.8, 4) is 0 Å². The Morgan fingerprint density at radius 3 is 2.38 bits per heavy atom. The summed E-state index contributed by atoms with van der Waals surface area (Å²) in [5.41, 5.74) is 0.368. The summed E-state index contributed by atoms with van der Waals surface area (Å²) in [5.74, 6) is 1.66. The van der Waals surface area contributed by atoms with Crippen molar-refractivity contribution in [1.29, 1.82) is 0 Å². The minimum Gasteiger partial charge on any atom is -0.467 e. The van der Waals surface area contributed by atoms with Crippen LogP contribution in [0.25, 0.3) is 0 Å². The third-order valence-corrected chi connectivity index (χ3v) is 6.46. The fourth-order valence-corrected chi connectivity index (χ4v) is 4.94. The Labute approximate surface area is 150 Å². The number of nitrogens with zero attached hydrogens (tertiary/aromatic N) is 1. The molecule has 0 radical (unpaired) electrons. The summed E-state index contributed by atoms with van der Waals surface area (Å²) in [6, 6.07) is -0.296. The van der Waals surface area contributed by atoms with E-state index in [0.717, 1.165) is 18.8 Å². The van der Waals surface area contributed by atoms with Crippen molar-refractivity contribution in [3.05, 3.63) is 0 Å². The summed E-state index contributed by atoms with van der Waals surface area (Å²) in [7, 11) is 1.38. The Morgan fingerprint density at radius 1 is 1.21 bits per heavy atom. The lowest BCUT2D eigenvalue weighted by Crippen LogP contribution is -2.52. The number of carbonyl (C=O) groups is 2. The van der Waals surface area contributed by atoms with E-state index in [1.54, 1.807) is 16.7 Å². The summed E-state index contributed by atoms with van der Waals surface area (Å²) in [4.78, 5) is 26.2. The number of thioether (sulfide) groups is 1. The normalized spacial score (nSPS) is 29.4. The van der Waals surface area contributed by atoms with Crippen LogP contribution in [0.5, 0.6) is 0 Å². The SMILES string of the molecule is COC(=O)[C@@H]1CSCN1C(=O)C(C)NC1CCC(C(C)(C)C)CC1. The zero-order valence-corrected chi connectivity index (χ0v) is 16.4. The molecule has 2 fully saturated rings. The summed E-state index contributed by atoms with van der Waals surface area (Å²) in [5, 5.41) is 3.49. The summed E-state index contributed by atoms with van der Waals surface area (Å²) in [6.07, 6.45) is 4.67. The molecular formula is C18H32N2O3S. The van der Waals surface area contributed by atoms with Crippen molar-refractivity contribution in [2.75, 3.05) is 18.7 Å². The van der Waals surface area contributed by atoms with E-state index in [1.165, 1.54) is 20.0 Å². The Bertz CT molecular complexity index is 456. The van der Waals surface area contributed by atoms with E-state index in [0.29, 0.717) is 23.1 Å². The van der Waals surface area contributed by atoms with Crippen LogP contribution in [0.3, 0.4) is 0 Å². The maximum Gasteiger partial charge on any atom is 0.329 e. The molecule has 24 heavy (non-hydrogen) atoms. The molecule has 1 aliphatic carbocycles. The van der Waals surface area contributed by atoms with Gasteiger partial charge in [-0.2, -0.15) is 0 Å². The van der Waals surface area contributed by atoms with Crippen molar-refractivity contribution in [2.24, 2.45) is 11.3 Å². The van der Waals surface area contributed by atoms with Crippen molar-refractivity contribution in [2.45, 2.75) is 71.5 Å². The van der Waals surface area contributed by atoms with Gasteiger partial charge in [-0.25, -0.2) is 4.79 Å². The van der Waals surface area contributed by atoms with E-state index >= 15 is 0 Å². The Kier molecular flexibility index (Phi) is 6.59. The van der Waals surface area contributed by atoms with Gasteiger partial charge in [-0.15, -0.1) is 11.8 Å². The predicted octanol–water partition coefficient (Wildman–Crippen LogP) is 2.64. The van der Waals surface area contributed by atoms with Crippen LogP contribution >= 0.6 is 11.8 Å². The minimum atomic E-state index is -0.437. The molecule has 1 saturated heterocycles. The first kappa shape index (κ1) is 19.6. The number of amides is 1. The molecule has 2 rings (SSSR count). The van der Waals surface area contributed by atoms with Gasteiger partial charge in [0, 0.05) is 11.8 Å². The van der Waals surface area contributed by atoms with Crippen molar-refractivity contribution in [3.63, 3.8) is 0 Å². The summed E-state index contributed by atoms with van der Waals surface area (Å²) >= 11 is 1.61. The first-order valence-electron chi connectivity index (χ1n) is 8.96. The zero-order chi connectivity index (χ0) is 17.9. The highest BCUT2D eigenvalue weighted by atomic mass is 32.2. The van der Waals surface area contributed by atoms with Gasteiger partial charge < -0.3 is 15.0 Å². The Balaban J connectivity index is 1.85. The van der Waals surface area contributed by atoms with Gasteiger partial charge in [0.2, 0.25) is 5.91 Å². The Morgan fingerprint density at radius 2 is 1.83 bits per heavy atom. The predicted molar refractivity (Wildman–Crippen MR) is 97.8 cm³/mol. The number of rotatable bonds is 4. The van der Waals surface area contributed by atoms with Crippen LogP contribution in [0, 0.1) is 11.3 Å². The smallest absolute Gasteiger partial charge is 0.329 e. The van der Waals surface area contributed by atoms with E-state index in [4.69, 9.17) is 4.74 Å². The molecule has 1 amide bonds. The van der Waals surface area contributed by atoms with Crippen molar-refractivity contribution in [1.82, 2.24) is 10.2 Å². The standard InChI is InChI=1S/C18H32N2O3S/c1-12(16(21)20-11-24-10-15(20)17(22)23-5)19-14-8-6-13(7-9-14)18(2,3)4/h12-15,19H,6-11H2,1-5H3/t12?,13?,14?,15-/m0/s1. The highest BCUT2D eigenvalue weighted by Gasteiger charge is 2.38. The highest BCUT2D eigenvalue weighted by molar-refractivity contribution is 7.99. The van der Waals surface area contributed by atoms with Gasteiger partial charge in [0.05, 0.1) is 19.0 Å². The molecule has 0 aromatic rings. The molecule has 1 unspecified atom stereocenters. The van der Waals surface area contributed by atoms with Gasteiger partial charge in [-0.05, 0) is 43.9 Å². The van der Waals surface area contributed by atoms with Gasteiger partial charge in [0.1, 0.15) is 6.04 Å². The monoisotopic (exact) mass is 356 g/mol. The number of nitrogens with one attached hydrogen (secondary N) is 1. The van der Waals surface area contributed by atoms with Gasteiger partial charge >= 0.3 is 5.97 Å². The second kappa shape index (κ2) is 8.09. The topological polar surface area (TPSA) is 58.6 Å². The molecule has 138 valence electrons. The lowest BCUT2D eigenvalue weighted by atomic mass is 9.71. The largest absolute Gasteiger partial charge is 0.467 e. The number of ether oxygens (including phenoxy) is 1. The lowest BCUT2D eigenvalue weighted by molar-refractivity contribution is -0.151. The third kappa shape index (κ3) is 4.66. The molecule has 0 bridgehead atoms. The number of esters is 1. The molecule has 6 heteroatoms. The van der Waals surface area contributed by atoms with E-state index < -0.39 is 6.04 Å². The average molecular weight is 357 g/mol. The van der Waals surface area contributed by atoms with Crippen LogP contribution in [0.4, 0.5) is 0 Å². The molecule has 1 heterocycles. The first-order valence-corrected chi connectivity index (χ1v) is 10.1. The van der Waals surface area contributed by atoms with E-state index in [2.05, 4.69) is 26.1 Å². The van der Waals surface area contributed by atoms with Gasteiger partial charge in [-0.1, -0.05) is 20.8 Å². The molecule has 2 atom stereocenters. The van der Waals surface area contributed by atoms with Gasteiger partial charge in [-0.3, -0.25) is 4.79 Å². The molecule has 2 aliphatic rings. The van der Waals surface area contributed by atoms with Crippen LogP contribution in [0.1, 0.15) is 53.4 Å². The lowest BCUT2D eigenvalue weighted by Gasteiger charge is -2.38. The van der Waals surface area contributed by atoms with Crippen LogP contribution < -0.4 is 5.32 Å². The number of methoxy groups -OCH3 is 1. The van der Waals surface area contributed by atoms with Gasteiger partial charge in [0.25, 0.3) is 0 Å². The highest BCUT2D eigenvalue weighted by Crippen LogP contribution is 2.37. The molecule has 0 aromatic carbocycles. The number of carbonyl (C=O) groups excluding carboxylic acids is 2. The first-order chi connectivity index (χ1) is 11.2. The third-order valence-electron chi connectivity index (χ3n) is 5.45. The van der Waals surface area contributed by atoms with Crippen molar-refractivity contribution < 1.29 is 14.3 Å². The second-order valence-corrected chi connectivity index (χ2v) is 9.15. The van der Waals surface area contributed by atoms with E-state index in [-0.39, 0.29) is 17.9 Å². The van der Waals surface area contributed by atoms with E-state index in [9.17, 15) is 9.59 Å². The van der Waals surface area contributed by atoms with Crippen molar-refractivity contribution >= 4 is 23.6 Å². The fourth-order valence-electron chi connectivity index (χ4n) is 3.79. The molecule has 0 spiro atoms. The quantitative estimate of drug-likeness (QED) is 0.785. The molecule has 1 saturated carbocycles. The maximum absolute atomic E-state index is 12.7. The molecule has 5 nitrogen and oxygen atoms in total. The van der Waals surface area contributed by atoms with Crippen LogP contribution in [0.15, 0.2) is 0 Å². The maximum atomic E-state index is 12.7. The van der Waals surface area contributed by atoms with E-state index in [1.807, 2.05) is 6.92 Å². The second-order valence-electron chi connectivity index (χ2n) is 8.15. The molecular weight excluding hydrogens is 324 g/mol. The molecule has 1 aliphatic heterocycles. The fraction of sp³-hybridized carbons (Fsp3) is 0.889. The summed E-state index contributed by atoms with van der Waals surface area (Å²) in [6.45, 7) is 8.86. The van der Waals surface area contributed by atoms with Crippen LogP contribution in [-0.2, 0) is 14.3 Å². The summed E-state index contributed by atoms with van der Waals surface area (Å²) < 4.78 is 4.82. The molecule has 0 aromatic heterocycles. The molecule has 1 N–H and O–H groups in total. The van der Waals surface area contributed by atoms with Crippen LogP contribution in [0.2, 0.25) is 0 Å². The minimum absolute atomic E-state index is 0.00773. The Hall–Kier alpha value is -0.750. The number of hydrogen-bond donors (Lipinski definition) is 1. The van der Waals surface area contributed by atoms with Crippen LogP contribution in [-0.4, -0.2) is 53.6 Å². The number of hydrogen-bond acceptors (Lipinski definition) is 5. The van der Waals surface area contributed by atoms with Gasteiger partial charge in [0.15, 0.2) is 0 Å². The zero-order valence-electron chi connectivity index (χ0n) is 15.6.